The van der Waals surface area contributed by atoms with Crippen LogP contribution >= 0.6 is 0 Å². The summed E-state index contributed by atoms with van der Waals surface area (Å²) in [5.41, 5.74) is 1.75. The molecule has 0 unspecified atom stereocenters. The van der Waals surface area contributed by atoms with Gasteiger partial charge in [-0.3, -0.25) is 9.36 Å². The molecule has 1 heterocycles. The summed E-state index contributed by atoms with van der Waals surface area (Å²) < 4.78 is 1.69. The molecule has 0 aliphatic rings. The molecule has 21 heavy (non-hydrogen) atoms. The summed E-state index contributed by atoms with van der Waals surface area (Å²) in [5, 5.41) is 0.689. The predicted molar refractivity (Wildman–Crippen MR) is 87.6 cm³/mol. The van der Waals surface area contributed by atoms with Crippen molar-refractivity contribution in [3.8, 4) is 0 Å². The van der Waals surface area contributed by atoms with E-state index in [9.17, 15) is 4.79 Å². The van der Waals surface area contributed by atoms with Crippen LogP contribution in [-0.2, 0) is 12.1 Å². The van der Waals surface area contributed by atoms with Crippen molar-refractivity contribution in [3.63, 3.8) is 0 Å². The second-order valence-corrected chi connectivity index (χ2v) is 6.68. The quantitative estimate of drug-likeness (QED) is 0.867. The van der Waals surface area contributed by atoms with Crippen molar-refractivity contribution in [2.45, 2.75) is 46.2 Å². The molecule has 0 radical (unpaired) electrons. The first-order valence-electron chi connectivity index (χ1n) is 7.52. The van der Waals surface area contributed by atoms with E-state index in [4.69, 9.17) is 0 Å². The Morgan fingerprint density at radius 1 is 1.29 bits per heavy atom. The molecular weight excluding hydrogens is 262 g/mol. The largest absolute Gasteiger partial charge is 0.302 e. The fraction of sp³-hybridized carbons (Fsp3) is 0.529. The van der Waals surface area contributed by atoms with Gasteiger partial charge < -0.3 is 4.90 Å². The molecule has 0 aliphatic heterocycles. The lowest BCUT2D eigenvalue weighted by molar-refractivity contribution is 0.327. The third kappa shape index (κ3) is 3.50. The summed E-state index contributed by atoms with van der Waals surface area (Å²) >= 11 is 0. The standard InChI is InChI=1S/C17H25N3O/c1-6-9-19(5)11-13-7-8-14-15(10-13)18-12-20(16(14)21)17(2,3)4/h7-8,10,12H,6,9,11H2,1-5H3. The molecule has 4 nitrogen and oxygen atoms in total. The summed E-state index contributed by atoms with van der Waals surface area (Å²) in [6.07, 6.45) is 2.79. The number of hydrogen-bond acceptors (Lipinski definition) is 3. The van der Waals surface area contributed by atoms with Crippen molar-refractivity contribution in [1.82, 2.24) is 14.5 Å². The van der Waals surface area contributed by atoms with Gasteiger partial charge >= 0.3 is 0 Å². The van der Waals surface area contributed by atoms with Gasteiger partial charge in [-0.25, -0.2) is 4.98 Å². The van der Waals surface area contributed by atoms with Crippen LogP contribution in [0.4, 0.5) is 0 Å². The highest BCUT2D eigenvalue weighted by Crippen LogP contribution is 2.15. The Bertz CT molecular complexity index is 682. The Kier molecular flexibility index (Phi) is 4.47. The molecule has 1 aromatic heterocycles. The van der Waals surface area contributed by atoms with E-state index in [1.165, 1.54) is 5.56 Å². The van der Waals surface area contributed by atoms with Gasteiger partial charge in [0.25, 0.3) is 5.56 Å². The Labute approximate surface area is 126 Å². The van der Waals surface area contributed by atoms with Crippen molar-refractivity contribution in [2.75, 3.05) is 13.6 Å². The van der Waals surface area contributed by atoms with Crippen molar-refractivity contribution >= 4 is 10.9 Å². The molecule has 0 amide bonds. The monoisotopic (exact) mass is 287 g/mol. The van der Waals surface area contributed by atoms with Crippen molar-refractivity contribution in [3.05, 3.63) is 40.4 Å². The third-order valence-electron chi connectivity index (χ3n) is 3.60. The van der Waals surface area contributed by atoms with Gasteiger partial charge in [0.05, 0.1) is 17.2 Å². The molecule has 4 heteroatoms. The first-order chi connectivity index (χ1) is 9.82. The molecule has 1 aromatic carbocycles. The maximum absolute atomic E-state index is 12.5. The topological polar surface area (TPSA) is 38.1 Å². The second-order valence-electron chi connectivity index (χ2n) is 6.68. The molecule has 0 fully saturated rings. The zero-order valence-corrected chi connectivity index (χ0v) is 13.7. The number of rotatable bonds is 4. The van der Waals surface area contributed by atoms with Crippen molar-refractivity contribution < 1.29 is 0 Å². The first kappa shape index (κ1) is 15.7. The minimum absolute atomic E-state index is 0.0287. The molecule has 0 saturated heterocycles. The van der Waals surface area contributed by atoms with Gasteiger partial charge in [0.15, 0.2) is 0 Å². The average molecular weight is 287 g/mol. The fourth-order valence-electron chi connectivity index (χ4n) is 2.52. The highest BCUT2D eigenvalue weighted by Gasteiger charge is 2.16. The number of aromatic nitrogens is 2. The van der Waals surface area contributed by atoms with Crippen molar-refractivity contribution in [2.24, 2.45) is 0 Å². The van der Waals surface area contributed by atoms with Crippen LogP contribution in [0.2, 0.25) is 0 Å². The van der Waals surface area contributed by atoms with E-state index in [2.05, 4.69) is 23.9 Å². The molecule has 114 valence electrons. The van der Waals surface area contributed by atoms with E-state index in [0.717, 1.165) is 25.0 Å². The number of nitrogens with zero attached hydrogens (tertiary/aromatic N) is 3. The van der Waals surface area contributed by atoms with E-state index in [0.29, 0.717) is 5.39 Å². The van der Waals surface area contributed by atoms with Gasteiger partial charge in [-0.1, -0.05) is 13.0 Å². The van der Waals surface area contributed by atoms with Crippen LogP contribution in [0.25, 0.3) is 10.9 Å². The van der Waals surface area contributed by atoms with E-state index in [1.54, 1.807) is 10.9 Å². The highest BCUT2D eigenvalue weighted by atomic mass is 16.1. The Balaban J connectivity index is 2.40. The van der Waals surface area contributed by atoms with Crippen LogP contribution in [0.15, 0.2) is 29.3 Å². The van der Waals surface area contributed by atoms with Crippen LogP contribution in [0, 0.1) is 0 Å². The number of hydrogen-bond donors (Lipinski definition) is 0. The lowest BCUT2D eigenvalue weighted by Gasteiger charge is -2.22. The SMILES string of the molecule is CCCN(C)Cc1ccc2c(=O)n(C(C)(C)C)cnc2c1. The molecule has 2 aromatic rings. The van der Waals surface area contributed by atoms with Gasteiger partial charge in [-0.2, -0.15) is 0 Å². The summed E-state index contributed by atoms with van der Waals surface area (Å²) in [5.74, 6) is 0. The molecular formula is C17H25N3O. The molecule has 0 saturated carbocycles. The van der Waals surface area contributed by atoms with E-state index in [1.807, 2.05) is 39.0 Å². The summed E-state index contributed by atoms with van der Waals surface area (Å²) in [6.45, 7) is 10.2. The highest BCUT2D eigenvalue weighted by molar-refractivity contribution is 5.78. The zero-order valence-electron chi connectivity index (χ0n) is 13.7. The minimum atomic E-state index is -0.252. The lowest BCUT2D eigenvalue weighted by Crippen LogP contribution is -2.33. The molecule has 0 N–H and O–H groups in total. The van der Waals surface area contributed by atoms with E-state index >= 15 is 0 Å². The maximum Gasteiger partial charge on any atom is 0.261 e. The Hall–Kier alpha value is -1.68. The molecule has 0 bridgehead atoms. The minimum Gasteiger partial charge on any atom is -0.302 e. The molecule has 0 atom stereocenters. The van der Waals surface area contributed by atoms with Crippen LogP contribution < -0.4 is 5.56 Å². The third-order valence-corrected chi connectivity index (χ3v) is 3.60. The van der Waals surface area contributed by atoms with Crippen molar-refractivity contribution in [1.29, 1.82) is 0 Å². The summed E-state index contributed by atoms with van der Waals surface area (Å²) in [6, 6.07) is 5.96. The predicted octanol–water partition coefficient (Wildman–Crippen LogP) is 2.99. The zero-order chi connectivity index (χ0) is 15.6. The molecule has 0 aliphatic carbocycles. The van der Waals surface area contributed by atoms with Crippen LogP contribution in [0.1, 0.15) is 39.7 Å². The smallest absolute Gasteiger partial charge is 0.261 e. The molecule has 2 rings (SSSR count). The van der Waals surface area contributed by atoms with Crippen LogP contribution in [0.5, 0.6) is 0 Å². The Morgan fingerprint density at radius 3 is 2.62 bits per heavy atom. The number of benzene rings is 1. The second kappa shape index (κ2) is 5.98. The normalized spacial score (nSPS) is 12.3. The van der Waals surface area contributed by atoms with E-state index in [-0.39, 0.29) is 11.1 Å². The van der Waals surface area contributed by atoms with E-state index < -0.39 is 0 Å². The van der Waals surface area contributed by atoms with Crippen LogP contribution in [-0.4, -0.2) is 28.0 Å². The van der Waals surface area contributed by atoms with Gasteiger partial charge in [-0.05, 0) is 58.5 Å². The number of fused-ring (bicyclic) bond motifs is 1. The average Bonchev–Trinajstić information content (AvgIpc) is 2.37. The fourth-order valence-corrected chi connectivity index (χ4v) is 2.52. The lowest BCUT2D eigenvalue weighted by atomic mass is 10.1. The van der Waals surface area contributed by atoms with Gasteiger partial charge in [-0.15, -0.1) is 0 Å². The summed E-state index contributed by atoms with van der Waals surface area (Å²) in [7, 11) is 2.11. The van der Waals surface area contributed by atoms with Gasteiger partial charge in [0.1, 0.15) is 0 Å². The van der Waals surface area contributed by atoms with Gasteiger partial charge in [0.2, 0.25) is 0 Å². The first-order valence-corrected chi connectivity index (χ1v) is 7.52. The molecule has 0 spiro atoms. The summed E-state index contributed by atoms with van der Waals surface area (Å²) in [4.78, 5) is 19.3. The van der Waals surface area contributed by atoms with Crippen LogP contribution in [0.3, 0.4) is 0 Å². The Morgan fingerprint density at radius 2 is 2.00 bits per heavy atom. The van der Waals surface area contributed by atoms with Gasteiger partial charge in [0, 0.05) is 12.1 Å². The maximum atomic E-state index is 12.5.